The van der Waals surface area contributed by atoms with Crippen LogP contribution in [0.1, 0.15) is 53.7 Å². The van der Waals surface area contributed by atoms with Gasteiger partial charge in [-0.15, -0.1) is 0 Å². The first-order chi connectivity index (χ1) is 20.7. The third-order valence-corrected chi connectivity index (χ3v) is 10.3. The number of imidazole rings is 1. The van der Waals surface area contributed by atoms with E-state index >= 15 is 0 Å². The molecule has 3 aromatic rings. The van der Waals surface area contributed by atoms with Gasteiger partial charge in [-0.1, -0.05) is 78.7 Å². The Labute approximate surface area is 274 Å². The van der Waals surface area contributed by atoms with Crippen LogP contribution in [0.4, 0.5) is 0 Å². The van der Waals surface area contributed by atoms with Gasteiger partial charge in [-0.3, -0.25) is 4.90 Å². The molecule has 232 valence electrons. The first-order valence-electron chi connectivity index (χ1n) is 14.8. The van der Waals surface area contributed by atoms with Crippen LogP contribution in [0, 0.1) is 13.8 Å². The minimum Gasteiger partial charge on any atom is -0.386 e. The van der Waals surface area contributed by atoms with E-state index in [1.54, 1.807) is 24.7 Å². The van der Waals surface area contributed by atoms with Crippen LogP contribution in [0.25, 0.3) is 0 Å². The van der Waals surface area contributed by atoms with E-state index in [0.29, 0.717) is 22.2 Å². The molecule has 0 bridgehead atoms. The molecule has 11 heteroatoms. The molecule has 0 aliphatic carbocycles. The number of thioether (sulfide) groups is 1. The zero-order valence-corrected chi connectivity index (χ0v) is 28.1. The van der Waals surface area contributed by atoms with E-state index in [2.05, 4.69) is 47.7 Å². The molecule has 5 rings (SSSR count). The minimum atomic E-state index is -1.20. The molecular formula is C32H40Cl2N4O3S2. The lowest BCUT2D eigenvalue weighted by Crippen LogP contribution is -2.47. The Morgan fingerprint density at radius 3 is 2.56 bits per heavy atom. The first-order valence-corrected chi connectivity index (χ1v) is 17.0. The van der Waals surface area contributed by atoms with Crippen molar-refractivity contribution in [3.63, 3.8) is 0 Å². The number of aliphatic hydroxyl groups is 1. The largest absolute Gasteiger partial charge is 0.386 e. The second-order valence-corrected chi connectivity index (χ2v) is 14.0. The fourth-order valence-corrected chi connectivity index (χ4v) is 7.92. The Balaban J connectivity index is 1.26. The van der Waals surface area contributed by atoms with Crippen LogP contribution in [0.15, 0.2) is 49.1 Å². The summed E-state index contributed by atoms with van der Waals surface area (Å²) in [6, 6.07) is 9.64. The van der Waals surface area contributed by atoms with Crippen molar-refractivity contribution in [1.82, 2.24) is 19.4 Å². The van der Waals surface area contributed by atoms with Gasteiger partial charge < -0.3 is 24.0 Å². The molecule has 2 aromatic carbocycles. The molecule has 3 heterocycles. The highest BCUT2D eigenvalue weighted by atomic mass is 35.5. The van der Waals surface area contributed by atoms with E-state index in [0.717, 1.165) is 59.5 Å². The third kappa shape index (κ3) is 7.76. The third-order valence-electron chi connectivity index (χ3n) is 8.18. The molecule has 0 radical (unpaired) electrons. The lowest BCUT2D eigenvalue weighted by atomic mass is 9.92. The van der Waals surface area contributed by atoms with Crippen LogP contribution in [0.2, 0.25) is 10.0 Å². The van der Waals surface area contributed by atoms with Crippen LogP contribution in [-0.4, -0.2) is 73.4 Å². The van der Waals surface area contributed by atoms with Gasteiger partial charge in [0.15, 0.2) is 0 Å². The van der Waals surface area contributed by atoms with Crippen LogP contribution in [-0.2, 0) is 28.4 Å². The summed E-state index contributed by atoms with van der Waals surface area (Å²) < 4.78 is 15.9. The maximum absolute atomic E-state index is 11.7. The Morgan fingerprint density at radius 1 is 1.16 bits per heavy atom. The van der Waals surface area contributed by atoms with Gasteiger partial charge in [-0.25, -0.2) is 4.98 Å². The average Bonchev–Trinajstić information content (AvgIpc) is 3.64. The highest BCUT2D eigenvalue weighted by molar-refractivity contribution is 8.22. The summed E-state index contributed by atoms with van der Waals surface area (Å²) in [5, 5.41) is 12.6. The fraction of sp³-hybridized carbons (Fsp3) is 0.500. The molecule has 2 aliphatic rings. The van der Waals surface area contributed by atoms with Gasteiger partial charge in [0.25, 0.3) is 0 Å². The van der Waals surface area contributed by atoms with Crippen molar-refractivity contribution < 1.29 is 14.6 Å². The molecule has 2 aliphatic heterocycles. The standard InChI is InChI=1S/C32H40Cl2N4O3S2/c1-4-5-14-43-31(42)38-12-10-36(11-13-38)18-24-15-22(2)29(23(3)16-24)30(39)28-19-40-32(41-28,20-37-9-8-35-21-37)26-7-6-25(33)17-27(26)34/h6-9,15-17,21,28,30,39H,4-5,10-14,18-20H2,1-3H3. The highest BCUT2D eigenvalue weighted by Crippen LogP contribution is 2.43. The Bertz CT molecular complexity index is 1380. The summed E-state index contributed by atoms with van der Waals surface area (Å²) in [6.07, 6.45) is 6.19. The average molecular weight is 664 g/mol. The molecule has 43 heavy (non-hydrogen) atoms. The number of nitrogens with zero attached hydrogens (tertiary/aromatic N) is 4. The molecular weight excluding hydrogens is 623 g/mol. The number of thiocarbonyl (C=S) groups is 1. The van der Waals surface area contributed by atoms with E-state index in [9.17, 15) is 5.11 Å². The lowest BCUT2D eigenvalue weighted by Gasteiger charge is -2.36. The number of benzene rings is 2. The van der Waals surface area contributed by atoms with Crippen molar-refractivity contribution in [1.29, 1.82) is 0 Å². The van der Waals surface area contributed by atoms with E-state index in [1.165, 1.54) is 18.4 Å². The smallest absolute Gasteiger partial charge is 0.215 e. The van der Waals surface area contributed by atoms with Gasteiger partial charge in [-0.05, 0) is 54.7 Å². The van der Waals surface area contributed by atoms with Gasteiger partial charge in [0.1, 0.15) is 16.5 Å². The molecule has 0 saturated carbocycles. The second-order valence-electron chi connectivity index (χ2n) is 11.4. The van der Waals surface area contributed by atoms with Crippen LogP contribution >= 0.6 is 47.2 Å². The van der Waals surface area contributed by atoms with Gasteiger partial charge in [0, 0.05) is 61.5 Å². The number of aromatic nitrogens is 2. The SMILES string of the molecule is CCCCSC(=S)N1CCN(Cc2cc(C)c(C(O)C3COC(Cn4ccnc4)(c4ccc(Cl)cc4Cl)O3)c(C)c2)CC1. The summed E-state index contributed by atoms with van der Waals surface area (Å²) in [7, 11) is 0. The van der Waals surface area contributed by atoms with Crippen molar-refractivity contribution in [3.05, 3.63) is 86.9 Å². The molecule has 1 N–H and O–H groups in total. The number of halogens is 2. The molecule has 1 aromatic heterocycles. The lowest BCUT2D eigenvalue weighted by molar-refractivity contribution is -0.196. The predicted octanol–water partition coefficient (Wildman–Crippen LogP) is 6.74. The monoisotopic (exact) mass is 662 g/mol. The minimum absolute atomic E-state index is 0.207. The topological polar surface area (TPSA) is 63.0 Å². The number of aryl methyl sites for hydroxylation is 2. The molecule has 3 unspecified atom stereocenters. The maximum Gasteiger partial charge on any atom is 0.215 e. The molecule has 7 nitrogen and oxygen atoms in total. The first kappa shape index (κ1) is 32.7. The molecule has 0 amide bonds. The van der Waals surface area contributed by atoms with Crippen molar-refractivity contribution in [2.75, 3.05) is 38.5 Å². The molecule has 3 atom stereocenters. The quantitative estimate of drug-likeness (QED) is 0.189. The normalized spacial score (nSPS) is 21.8. The van der Waals surface area contributed by atoms with E-state index in [-0.39, 0.29) is 6.61 Å². The highest BCUT2D eigenvalue weighted by Gasteiger charge is 2.47. The van der Waals surface area contributed by atoms with Gasteiger partial charge in [0.2, 0.25) is 5.79 Å². The summed E-state index contributed by atoms with van der Waals surface area (Å²) >= 11 is 20.3. The number of ether oxygens (including phenoxy) is 2. The fourth-order valence-electron chi connectivity index (χ4n) is 5.96. The Morgan fingerprint density at radius 2 is 1.91 bits per heavy atom. The van der Waals surface area contributed by atoms with Crippen molar-refractivity contribution in [3.8, 4) is 0 Å². The Hall–Kier alpha value is -1.69. The van der Waals surface area contributed by atoms with Crippen LogP contribution in [0.5, 0.6) is 0 Å². The predicted molar refractivity (Wildman–Crippen MR) is 179 cm³/mol. The number of rotatable bonds is 10. The summed E-state index contributed by atoms with van der Waals surface area (Å²) in [4.78, 5) is 8.98. The number of hydrogen-bond acceptors (Lipinski definition) is 7. The molecule has 2 saturated heterocycles. The van der Waals surface area contributed by atoms with Crippen LogP contribution < -0.4 is 0 Å². The zero-order chi connectivity index (χ0) is 30.6. The maximum atomic E-state index is 11.7. The summed E-state index contributed by atoms with van der Waals surface area (Å²) in [6.45, 7) is 11.6. The number of unbranched alkanes of at least 4 members (excludes halogenated alkanes) is 1. The molecule has 2 fully saturated rings. The number of hydrogen-bond donors (Lipinski definition) is 1. The van der Waals surface area contributed by atoms with E-state index in [1.807, 2.05) is 28.6 Å². The van der Waals surface area contributed by atoms with Gasteiger partial charge in [-0.2, -0.15) is 0 Å². The number of piperazine rings is 1. The summed E-state index contributed by atoms with van der Waals surface area (Å²) in [5.74, 6) is -0.0977. The van der Waals surface area contributed by atoms with E-state index < -0.39 is 18.0 Å². The number of aliphatic hydroxyl groups excluding tert-OH is 1. The second kappa shape index (κ2) is 14.6. The summed E-state index contributed by atoms with van der Waals surface area (Å²) in [5.41, 5.74) is 4.85. The van der Waals surface area contributed by atoms with Crippen molar-refractivity contribution >= 4 is 51.5 Å². The zero-order valence-electron chi connectivity index (χ0n) is 25.0. The van der Waals surface area contributed by atoms with Gasteiger partial charge >= 0.3 is 0 Å². The van der Waals surface area contributed by atoms with Crippen LogP contribution in [0.3, 0.4) is 0 Å². The van der Waals surface area contributed by atoms with Crippen molar-refractivity contribution in [2.45, 2.75) is 64.7 Å². The Kier molecular flexibility index (Phi) is 11.1. The van der Waals surface area contributed by atoms with Gasteiger partial charge in [0.05, 0.1) is 24.5 Å². The van der Waals surface area contributed by atoms with E-state index in [4.69, 9.17) is 44.9 Å². The van der Waals surface area contributed by atoms with Crippen molar-refractivity contribution in [2.24, 2.45) is 0 Å². The molecule has 0 spiro atoms.